The maximum Gasteiger partial charge on any atom is 0.196 e. The van der Waals surface area contributed by atoms with Crippen molar-refractivity contribution in [2.75, 3.05) is 5.32 Å². The second kappa shape index (κ2) is 5.34. The smallest absolute Gasteiger partial charge is 0.196 e. The summed E-state index contributed by atoms with van der Waals surface area (Å²) >= 11 is 0. The van der Waals surface area contributed by atoms with E-state index in [2.05, 4.69) is 39.6 Å². The van der Waals surface area contributed by atoms with Crippen molar-refractivity contribution in [3.05, 3.63) is 66.0 Å². The molecule has 1 aliphatic rings. The average Bonchev–Trinajstić information content (AvgIpc) is 3.02. The van der Waals surface area contributed by atoms with Crippen LogP contribution in [0.2, 0.25) is 0 Å². The van der Waals surface area contributed by atoms with Crippen molar-refractivity contribution in [2.24, 2.45) is 0 Å². The summed E-state index contributed by atoms with van der Waals surface area (Å²) in [5.41, 5.74) is 5.25. The molecule has 2 aromatic carbocycles. The molecule has 1 atom stereocenters. The number of hydrogen-bond acceptors (Lipinski definition) is 4. The van der Waals surface area contributed by atoms with Gasteiger partial charge in [-0.15, -0.1) is 0 Å². The van der Waals surface area contributed by atoms with Gasteiger partial charge < -0.3 is 9.73 Å². The van der Waals surface area contributed by atoms with Crippen LogP contribution >= 0.6 is 0 Å². The highest BCUT2D eigenvalue weighted by Gasteiger charge is 2.22. The molecule has 0 amide bonds. The minimum absolute atomic E-state index is 0.265. The first-order valence-electron chi connectivity index (χ1n) is 8.37. The zero-order chi connectivity index (χ0) is 15.9. The van der Waals surface area contributed by atoms with Crippen molar-refractivity contribution in [3.8, 4) is 0 Å². The molecule has 5 rings (SSSR count). The van der Waals surface area contributed by atoms with Crippen LogP contribution in [-0.4, -0.2) is 9.97 Å². The number of nitrogens with zero attached hydrogens (tertiary/aromatic N) is 2. The molecule has 2 aromatic heterocycles. The van der Waals surface area contributed by atoms with Crippen LogP contribution < -0.4 is 5.32 Å². The van der Waals surface area contributed by atoms with E-state index in [0.29, 0.717) is 0 Å². The van der Waals surface area contributed by atoms with E-state index in [1.54, 1.807) is 6.33 Å². The van der Waals surface area contributed by atoms with Crippen molar-refractivity contribution in [3.63, 3.8) is 0 Å². The Labute approximate surface area is 139 Å². The molecular formula is C20H17N3O. The predicted molar refractivity (Wildman–Crippen MR) is 95.1 cm³/mol. The number of hydrogen-bond donors (Lipinski definition) is 1. The summed E-state index contributed by atoms with van der Waals surface area (Å²) in [6.45, 7) is 0. The fourth-order valence-electron chi connectivity index (χ4n) is 3.70. The highest BCUT2D eigenvalue weighted by Crippen LogP contribution is 2.35. The largest absolute Gasteiger partial charge is 0.450 e. The maximum absolute atomic E-state index is 6.03. The monoisotopic (exact) mass is 315 g/mol. The second-order valence-electron chi connectivity index (χ2n) is 6.29. The normalized spacial score (nSPS) is 17.1. The first kappa shape index (κ1) is 13.5. The van der Waals surface area contributed by atoms with Crippen molar-refractivity contribution in [1.82, 2.24) is 9.97 Å². The molecule has 1 unspecified atom stereocenters. The Kier molecular flexibility index (Phi) is 3.01. The molecule has 0 radical (unpaired) electrons. The lowest BCUT2D eigenvalue weighted by molar-refractivity contribution is 0.596. The fourth-order valence-corrected chi connectivity index (χ4v) is 3.70. The van der Waals surface area contributed by atoms with Gasteiger partial charge in [-0.3, -0.25) is 0 Å². The van der Waals surface area contributed by atoms with Crippen LogP contribution in [0.4, 0.5) is 5.82 Å². The zero-order valence-electron chi connectivity index (χ0n) is 13.2. The number of anilines is 1. The Morgan fingerprint density at radius 3 is 2.88 bits per heavy atom. The van der Waals surface area contributed by atoms with Gasteiger partial charge in [-0.2, -0.15) is 0 Å². The molecule has 1 aliphatic carbocycles. The van der Waals surface area contributed by atoms with Gasteiger partial charge in [0.25, 0.3) is 0 Å². The first-order valence-corrected chi connectivity index (χ1v) is 8.37. The predicted octanol–water partition coefficient (Wildman–Crippen LogP) is 4.87. The van der Waals surface area contributed by atoms with E-state index < -0.39 is 0 Å². The van der Waals surface area contributed by atoms with Gasteiger partial charge in [0.2, 0.25) is 0 Å². The summed E-state index contributed by atoms with van der Waals surface area (Å²) in [6, 6.07) is 16.9. The van der Waals surface area contributed by atoms with Crippen LogP contribution in [0.25, 0.3) is 22.1 Å². The van der Waals surface area contributed by atoms with E-state index >= 15 is 0 Å². The van der Waals surface area contributed by atoms with Gasteiger partial charge >= 0.3 is 0 Å². The summed E-state index contributed by atoms with van der Waals surface area (Å²) in [6.07, 6.45) is 5.05. The molecule has 0 spiro atoms. The van der Waals surface area contributed by atoms with Crippen molar-refractivity contribution < 1.29 is 4.42 Å². The molecule has 1 N–H and O–H groups in total. The number of nitrogens with one attached hydrogen (secondary N) is 1. The van der Waals surface area contributed by atoms with Crippen molar-refractivity contribution in [1.29, 1.82) is 0 Å². The molecule has 118 valence electrons. The molecular weight excluding hydrogens is 298 g/mol. The number of aryl methyl sites for hydroxylation is 1. The Bertz CT molecular complexity index is 1040. The minimum Gasteiger partial charge on any atom is -0.450 e. The second-order valence-corrected chi connectivity index (χ2v) is 6.29. The number of fused-ring (bicyclic) bond motifs is 4. The molecule has 24 heavy (non-hydrogen) atoms. The Hall–Kier alpha value is -2.88. The Morgan fingerprint density at radius 2 is 1.88 bits per heavy atom. The molecule has 0 saturated heterocycles. The van der Waals surface area contributed by atoms with E-state index in [-0.39, 0.29) is 6.04 Å². The molecule has 0 aliphatic heterocycles. The van der Waals surface area contributed by atoms with E-state index in [0.717, 1.165) is 40.7 Å². The van der Waals surface area contributed by atoms with Crippen molar-refractivity contribution in [2.45, 2.75) is 25.3 Å². The highest BCUT2D eigenvalue weighted by atomic mass is 16.3. The average molecular weight is 315 g/mol. The number of furan rings is 1. The Balaban J connectivity index is 1.61. The van der Waals surface area contributed by atoms with Gasteiger partial charge in [0.15, 0.2) is 11.4 Å². The summed E-state index contributed by atoms with van der Waals surface area (Å²) in [5, 5.41) is 4.63. The number of rotatable bonds is 2. The number of benzene rings is 2. The van der Waals surface area contributed by atoms with E-state index in [4.69, 9.17) is 4.42 Å². The molecule has 0 saturated carbocycles. The number of para-hydroxylation sites is 1. The molecule has 0 bridgehead atoms. The Morgan fingerprint density at radius 1 is 1.00 bits per heavy atom. The summed E-state index contributed by atoms with van der Waals surface area (Å²) in [7, 11) is 0. The highest BCUT2D eigenvalue weighted by molar-refractivity contribution is 6.05. The van der Waals surface area contributed by atoms with E-state index in [1.165, 1.54) is 17.5 Å². The fraction of sp³-hybridized carbons (Fsp3) is 0.200. The van der Waals surface area contributed by atoms with Crippen LogP contribution in [0.15, 0.2) is 59.3 Å². The quantitative estimate of drug-likeness (QED) is 0.573. The first-order chi connectivity index (χ1) is 11.9. The number of aromatic nitrogens is 2. The molecule has 2 heterocycles. The summed E-state index contributed by atoms with van der Waals surface area (Å²) in [5.74, 6) is 0.776. The van der Waals surface area contributed by atoms with Gasteiger partial charge in [-0.1, -0.05) is 36.4 Å². The van der Waals surface area contributed by atoms with E-state index in [9.17, 15) is 0 Å². The lowest BCUT2D eigenvalue weighted by atomic mass is 9.88. The summed E-state index contributed by atoms with van der Waals surface area (Å²) < 4.78 is 6.03. The van der Waals surface area contributed by atoms with Crippen LogP contribution in [0.5, 0.6) is 0 Å². The standard InChI is InChI=1S/C20H17N3O/c1-2-8-14-13(6-1)7-5-10-16(14)23-20-19-18(21-12-22-20)15-9-3-4-11-17(15)24-19/h1-4,6,8-9,11-12,16H,5,7,10H2,(H,21,22,23). The molecule has 4 nitrogen and oxygen atoms in total. The van der Waals surface area contributed by atoms with Crippen LogP contribution in [0.3, 0.4) is 0 Å². The summed E-state index contributed by atoms with van der Waals surface area (Å²) in [4.78, 5) is 8.88. The van der Waals surface area contributed by atoms with Gasteiger partial charge in [-0.25, -0.2) is 9.97 Å². The third kappa shape index (κ3) is 2.07. The van der Waals surface area contributed by atoms with Crippen LogP contribution in [0.1, 0.15) is 30.0 Å². The zero-order valence-corrected chi connectivity index (χ0v) is 13.2. The van der Waals surface area contributed by atoms with Crippen LogP contribution in [-0.2, 0) is 6.42 Å². The lowest BCUT2D eigenvalue weighted by Gasteiger charge is -2.26. The topological polar surface area (TPSA) is 51.0 Å². The third-order valence-corrected chi connectivity index (χ3v) is 4.84. The lowest BCUT2D eigenvalue weighted by Crippen LogP contribution is -2.18. The van der Waals surface area contributed by atoms with Crippen molar-refractivity contribution >= 4 is 27.9 Å². The molecule has 4 aromatic rings. The maximum atomic E-state index is 6.03. The van der Waals surface area contributed by atoms with Gasteiger partial charge in [0, 0.05) is 5.39 Å². The van der Waals surface area contributed by atoms with Gasteiger partial charge in [0.05, 0.1) is 6.04 Å². The SMILES string of the molecule is c1ccc2c(c1)CCCC2Nc1ncnc2c1oc1ccccc12. The minimum atomic E-state index is 0.265. The van der Waals surface area contributed by atoms with Crippen LogP contribution in [0, 0.1) is 0 Å². The molecule has 4 heteroatoms. The van der Waals surface area contributed by atoms with E-state index in [1.807, 2.05) is 24.3 Å². The molecule has 0 fully saturated rings. The van der Waals surface area contributed by atoms with Gasteiger partial charge in [0.1, 0.15) is 17.4 Å². The van der Waals surface area contributed by atoms with Gasteiger partial charge in [-0.05, 0) is 42.5 Å². The third-order valence-electron chi connectivity index (χ3n) is 4.84.